The van der Waals surface area contributed by atoms with Crippen LogP contribution in [-0.4, -0.2) is 59.9 Å². The Morgan fingerprint density at radius 1 is 1.38 bits per heavy atom. The number of hydrogen-bond donors (Lipinski definition) is 1. The van der Waals surface area contributed by atoms with Crippen LogP contribution in [0.3, 0.4) is 0 Å². The molecule has 1 N–H and O–H groups in total. The molecule has 1 spiro atoms. The van der Waals surface area contributed by atoms with Gasteiger partial charge in [-0.25, -0.2) is 4.63 Å². The number of piperidine rings is 1. The third-order valence-electron chi connectivity index (χ3n) is 5.34. The number of carbonyl (C=O) groups excluding carboxylic acids is 2. The lowest BCUT2D eigenvalue weighted by Gasteiger charge is -2.43. The zero-order valence-electron chi connectivity index (χ0n) is 14.2. The van der Waals surface area contributed by atoms with Gasteiger partial charge in [-0.05, 0) is 37.8 Å². The van der Waals surface area contributed by atoms with Crippen molar-refractivity contribution in [3.05, 3.63) is 11.4 Å². The molecule has 8 heteroatoms. The van der Waals surface area contributed by atoms with Crippen LogP contribution in [-0.2, 0) is 9.53 Å². The molecule has 2 fully saturated rings. The number of rotatable bonds is 4. The van der Waals surface area contributed by atoms with E-state index in [9.17, 15) is 9.59 Å². The summed E-state index contributed by atoms with van der Waals surface area (Å²) in [5.74, 6) is -0.511. The van der Waals surface area contributed by atoms with Gasteiger partial charge in [-0.2, -0.15) is 0 Å². The Bertz CT molecular complexity index is 617. The van der Waals surface area contributed by atoms with Gasteiger partial charge in [0.1, 0.15) is 5.69 Å². The molecule has 2 atom stereocenters. The van der Waals surface area contributed by atoms with Crippen LogP contribution in [0.4, 0.5) is 0 Å². The molecule has 24 heavy (non-hydrogen) atoms. The number of likely N-dealkylation sites (tertiary alicyclic amines) is 1. The van der Waals surface area contributed by atoms with Crippen molar-refractivity contribution in [2.45, 2.75) is 45.1 Å². The Balaban J connectivity index is 1.57. The molecule has 1 aromatic rings. The molecule has 0 radical (unpaired) electrons. The summed E-state index contributed by atoms with van der Waals surface area (Å²) in [6.45, 7) is 3.04. The van der Waals surface area contributed by atoms with Gasteiger partial charge >= 0.3 is 0 Å². The second-order valence-electron chi connectivity index (χ2n) is 6.78. The van der Waals surface area contributed by atoms with Crippen LogP contribution in [0.5, 0.6) is 0 Å². The maximum absolute atomic E-state index is 12.5. The molecule has 2 heterocycles. The largest absolute Gasteiger partial charge is 0.381 e. The number of nitrogens with one attached hydrogen (secondary N) is 1. The molecule has 1 saturated heterocycles. The summed E-state index contributed by atoms with van der Waals surface area (Å²) in [4.78, 5) is 26.4. The zero-order chi connectivity index (χ0) is 17.2. The summed E-state index contributed by atoms with van der Waals surface area (Å²) < 4.78 is 10.2. The van der Waals surface area contributed by atoms with Crippen molar-refractivity contribution in [1.29, 1.82) is 0 Å². The van der Waals surface area contributed by atoms with E-state index < -0.39 is 5.91 Å². The fourth-order valence-electron chi connectivity index (χ4n) is 4.10. The van der Waals surface area contributed by atoms with Gasteiger partial charge in [-0.1, -0.05) is 11.6 Å². The highest BCUT2D eigenvalue weighted by Gasteiger charge is 2.46. The molecule has 1 aliphatic heterocycles. The minimum Gasteiger partial charge on any atom is -0.381 e. The van der Waals surface area contributed by atoms with Gasteiger partial charge in [-0.3, -0.25) is 9.59 Å². The van der Waals surface area contributed by atoms with E-state index in [0.29, 0.717) is 12.2 Å². The molecule has 0 aromatic carbocycles. The SMILES string of the molecule is CO[C@@H]1CCC[C@]12CCCN(C(=O)CNC(=O)c1nonc1C)C2. The average Bonchev–Trinajstić information content (AvgIpc) is 3.18. The van der Waals surface area contributed by atoms with Crippen LogP contribution < -0.4 is 5.32 Å². The Labute approximate surface area is 140 Å². The number of ether oxygens (including phenoxy) is 1. The quantitative estimate of drug-likeness (QED) is 0.878. The first kappa shape index (κ1) is 16.9. The third-order valence-corrected chi connectivity index (χ3v) is 5.34. The third kappa shape index (κ3) is 3.15. The topological polar surface area (TPSA) is 97.6 Å². The standard InChI is InChI=1S/C16H24N4O4/c1-11-14(19-24-18-11)15(22)17-9-13(21)20-8-4-7-16(10-20)6-3-5-12(16)23-2/h12H,3-10H2,1-2H3,(H,17,22)/t12-,16-/m1/s1. The molecule has 132 valence electrons. The summed E-state index contributed by atoms with van der Waals surface area (Å²) in [6.07, 6.45) is 5.62. The number of carbonyl (C=O) groups is 2. The molecule has 8 nitrogen and oxygen atoms in total. The lowest BCUT2D eigenvalue weighted by Crippen LogP contribution is -2.52. The summed E-state index contributed by atoms with van der Waals surface area (Å²) in [6, 6.07) is 0. The lowest BCUT2D eigenvalue weighted by atomic mass is 9.76. The van der Waals surface area contributed by atoms with Crippen LogP contribution in [0.2, 0.25) is 0 Å². The number of hydrogen-bond acceptors (Lipinski definition) is 6. The van der Waals surface area contributed by atoms with E-state index in [0.717, 1.165) is 38.6 Å². The molecule has 1 aliphatic carbocycles. The van der Waals surface area contributed by atoms with Crippen molar-refractivity contribution < 1.29 is 19.0 Å². The van der Waals surface area contributed by atoms with E-state index in [1.54, 1.807) is 14.0 Å². The van der Waals surface area contributed by atoms with E-state index >= 15 is 0 Å². The van der Waals surface area contributed by atoms with Crippen molar-refractivity contribution >= 4 is 11.8 Å². The highest BCUT2D eigenvalue weighted by molar-refractivity contribution is 5.95. The predicted octanol–water partition coefficient (Wildman–Crippen LogP) is 0.916. The lowest BCUT2D eigenvalue weighted by molar-refractivity contribution is -0.136. The van der Waals surface area contributed by atoms with E-state index in [-0.39, 0.29) is 29.7 Å². The van der Waals surface area contributed by atoms with Crippen molar-refractivity contribution in [3.8, 4) is 0 Å². The molecule has 0 bridgehead atoms. The maximum atomic E-state index is 12.5. The molecule has 0 unspecified atom stereocenters. The minimum absolute atomic E-state index is 0.0428. The summed E-state index contributed by atoms with van der Waals surface area (Å²) in [5.41, 5.74) is 0.609. The monoisotopic (exact) mass is 336 g/mol. The Hall–Kier alpha value is -1.96. The summed E-state index contributed by atoms with van der Waals surface area (Å²) >= 11 is 0. The summed E-state index contributed by atoms with van der Waals surface area (Å²) in [7, 11) is 1.76. The summed E-state index contributed by atoms with van der Waals surface area (Å²) in [5, 5.41) is 9.71. The van der Waals surface area contributed by atoms with Crippen LogP contribution in [0.25, 0.3) is 0 Å². The second kappa shape index (κ2) is 6.88. The first-order valence-corrected chi connectivity index (χ1v) is 8.44. The molecule has 3 rings (SSSR count). The Morgan fingerprint density at radius 3 is 2.88 bits per heavy atom. The van der Waals surface area contributed by atoms with E-state index in [2.05, 4.69) is 20.3 Å². The maximum Gasteiger partial charge on any atom is 0.275 e. The first-order valence-electron chi connectivity index (χ1n) is 8.44. The van der Waals surface area contributed by atoms with Crippen LogP contribution in [0, 0.1) is 12.3 Å². The fraction of sp³-hybridized carbons (Fsp3) is 0.750. The van der Waals surface area contributed by atoms with Crippen molar-refractivity contribution in [3.63, 3.8) is 0 Å². The van der Waals surface area contributed by atoms with E-state index in [1.165, 1.54) is 0 Å². The average molecular weight is 336 g/mol. The van der Waals surface area contributed by atoms with Crippen LogP contribution in [0.15, 0.2) is 4.63 Å². The number of methoxy groups -OCH3 is 1. The molecule has 2 amide bonds. The van der Waals surface area contributed by atoms with Gasteiger partial charge in [-0.15, -0.1) is 0 Å². The fourth-order valence-corrected chi connectivity index (χ4v) is 4.10. The smallest absolute Gasteiger partial charge is 0.275 e. The van der Waals surface area contributed by atoms with Crippen molar-refractivity contribution in [2.75, 3.05) is 26.7 Å². The van der Waals surface area contributed by atoms with Gasteiger partial charge in [0.2, 0.25) is 5.91 Å². The van der Waals surface area contributed by atoms with Gasteiger partial charge in [0.15, 0.2) is 5.69 Å². The van der Waals surface area contributed by atoms with Gasteiger partial charge in [0.25, 0.3) is 5.91 Å². The van der Waals surface area contributed by atoms with Gasteiger partial charge < -0.3 is 15.0 Å². The molecule has 1 saturated carbocycles. The molecular formula is C16H24N4O4. The highest BCUT2D eigenvalue weighted by atomic mass is 16.6. The van der Waals surface area contributed by atoms with Crippen molar-refractivity contribution in [2.24, 2.45) is 5.41 Å². The van der Waals surface area contributed by atoms with E-state index in [1.807, 2.05) is 4.90 Å². The number of nitrogens with zero attached hydrogens (tertiary/aromatic N) is 3. The number of aryl methyl sites for hydroxylation is 1. The van der Waals surface area contributed by atoms with Gasteiger partial charge in [0.05, 0.1) is 12.6 Å². The Morgan fingerprint density at radius 2 is 2.17 bits per heavy atom. The number of amides is 2. The minimum atomic E-state index is -0.440. The Kier molecular flexibility index (Phi) is 4.84. The van der Waals surface area contributed by atoms with Crippen LogP contribution in [0.1, 0.15) is 48.3 Å². The number of aromatic nitrogens is 2. The molecular weight excluding hydrogens is 312 g/mol. The predicted molar refractivity (Wildman–Crippen MR) is 84.3 cm³/mol. The van der Waals surface area contributed by atoms with Crippen molar-refractivity contribution in [1.82, 2.24) is 20.5 Å². The first-order chi connectivity index (χ1) is 11.6. The highest BCUT2D eigenvalue weighted by Crippen LogP contribution is 2.46. The van der Waals surface area contributed by atoms with E-state index in [4.69, 9.17) is 4.74 Å². The normalized spacial score (nSPS) is 26.8. The van der Waals surface area contributed by atoms with Gasteiger partial charge in [0, 0.05) is 25.6 Å². The second-order valence-corrected chi connectivity index (χ2v) is 6.78. The molecule has 2 aliphatic rings. The van der Waals surface area contributed by atoms with Crippen LogP contribution >= 0.6 is 0 Å². The zero-order valence-corrected chi connectivity index (χ0v) is 14.2. The molecule has 1 aromatic heterocycles.